The van der Waals surface area contributed by atoms with Gasteiger partial charge < -0.3 is 4.74 Å². The van der Waals surface area contributed by atoms with Crippen LogP contribution in [0.2, 0.25) is 0 Å². The molecule has 0 bridgehead atoms. The summed E-state index contributed by atoms with van der Waals surface area (Å²) in [5.74, 6) is -0.378. The second-order valence-electron chi connectivity index (χ2n) is 5.08. The van der Waals surface area contributed by atoms with Crippen LogP contribution in [0.4, 0.5) is 0 Å². The lowest BCUT2D eigenvalue weighted by Gasteiger charge is -2.17. The van der Waals surface area contributed by atoms with Crippen LogP contribution in [0.25, 0.3) is 6.08 Å². The maximum Gasteiger partial charge on any atom is 0.331 e. The van der Waals surface area contributed by atoms with Crippen LogP contribution < -0.4 is 0 Å². The van der Waals surface area contributed by atoms with E-state index < -0.39 is 5.60 Å². The van der Waals surface area contributed by atoms with Gasteiger partial charge in [-0.2, -0.15) is 0 Å². The highest BCUT2D eigenvalue weighted by Crippen LogP contribution is 2.08. The second kappa shape index (κ2) is 5.12. The lowest BCUT2D eigenvalue weighted by atomic mass is 10.2. The van der Waals surface area contributed by atoms with Crippen LogP contribution in [0, 0.1) is 0 Å². The van der Waals surface area contributed by atoms with Gasteiger partial charge in [-0.1, -0.05) is 5.21 Å². The van der Waals surface area contributed by atoms with Crippen molar-refractivity contribution in [3.63, 3.8) is 0 Å². The highest BCUT2D eigenvalue weighted by Gasteiger charge is 2.13. The van der Waals surface area contributed by atoms with Crippen LogP contribution in [0.15, 0.2) is 12.3 Å². The van der Waals surface area contributed by atoms with E-state index in [0.717, 1.165) is 0 Å². The van der Waals surface area contributed by atoms with Gasteiger partial charge in [0, 0.05) is 12.1 Å². The Morgan fingerprint density at radius 1 is 1.47 bits per heavy atom. The highest BCUT2D eigenvalue weighted by atomic mass is 16.6. The number of rotatable bonds is 3. The fourth-order valence-corrected chi connectivity index (χ4v) is 1.11. The molecule has 1 heterocycles. The Morgan fingerprint density at radius 3 is 2.59 bits per heavy atom. The summed E-state index contributed by atoms with van der Waals surface area (Å²) in [4.78, 5) is 11.4. The van der Waals surface area contributed by atoms with Crippen LogP contribution in [0.5, 0.6) is 0 Å². The van der Waals surface area contributed by atoms with Gasteiger partial charge in [0.1, 0.15) is 11.3 Å². The zero-order valence-electron chi connectivity index (χ0n) is 11.0. The molecule has 1 aromatic heterocycles. The zero-order chi connectivity index (χ0) is 13.1. The number of carbonyl (C=O) groups is 1. The molecule has 5 heteroatoms. The van der Waals surface area contributed by atoms with Crippen molar-refractivity contribution < 1.29 is 9.53 Å². The largest absolute Gasteiger partial charge is 0.457 e. The molecular formula is C12H19N3O2. The molecule has 0 aliphatic carbocycles. The zero-order valence-corrected chi connectivity index (χ0v) is 11.0. The standard InChI is InChI=1S/C12H19N3O2/c1-9(2)15-8-10(13-14-15)6-7-11(16)17-12(3,4)5/h6-9H,1-5H3/b7-6+. The maximum atomic E-state index is 11.4. The Labute approximate surface area is 101 Å². The Morgan fingerprint density at radius 2 is 2.12 bits per heavy atom. The van der Waals surface area contributed by atoms with Crippen LogP contribution in [0.3, 0.4) is 0 Å². The maximum absolute atomic E-state index is 11.4. The molecule has 0 saturated heterocycles. The predicted octanol–water partition coefficient (Wildman–Crippen LogP) is 2.21. The summed E-state index contributed by atoms with van der Waals surface area (Å²) in [5.41, 5.74) is 0.168. The number of carbonyl (C=O) groups excluding carboxylic acids is 1. The van der Waals surface area contributed by atoms with Crippen molar-refractivity contribution in [2.24, 2.45) is 0 Å². The molecule has 0 saturated carbocycles. The Bertz CT molecular complexity index is 414. The van der Waals surface area contributed by atoms with E-state index >= 15 is 0 Å². The summed E-state index contributed by atoms with van der Waals surface area (Å²) in [6.07, 6.45) is 4.74. The van der Waals surface area contributed by atoms with Crippen molar-refractivity contribution >= 4 is 12.0 Å². The van der Waals surface area contributed by atoms with Gasteiger partial charge in [-0.05, 0) is 40.7 Å². The second-order valence-corrected chi connectivity index (χ2v) is 5.08. The monoisotopic (exact) mass is 237 g/mol. The fourth-order valence-electron chi connectivity index (χ4n) is 1.11. The molecule has 0 radical (unpaired) electrons. The van der Waals surface area contributed by atoms with Gasteiger partial charge in [-0.3, -0.25) is 0 Å². The molecule has 5 nitrogen and oxygen atoms in total. The lowest BCUT2D eigenvalue weighted by molar-refractivity contribution is -0.148. The molecule has 0 spiro atoms. The van der Waals surface area contributed by atoms with Crippen LogP contribution in [-0.2, 0) is 9.53 Å². The van der Waals surface area contributed by atoms with Crippen molar-refractivity contribution in [3.05, 3.63) is 18.0 Å². The SMILES string of the molecule is CC(C)n1cc(/C=C/C(=O)OC(C)(C)C)nn1. The molecule has 0 aromatic carbocycles. The minimum absolute atomic E-state index is 0.256. The third-order valence-corrected chi connectivity index (χ3v) is 1.85. The fraction of sp³-hybridized carbons (Fsp3) is 0.583. The Balaban J connectivity index is 2.61. The third kappa shape index (κ3) is 4.80. The minimum Gasteiger partial charge on any atom is -0.457 e. The van der Waals surface area contributed by atoms with E-state index in [4.69, 9.17) is 4.74 Å². The Hall–Kier alpha value is -1.65. The first-order chi connectivity index (χ1) is 7.78. The summed E-state index contributed by atoms with van der Waals surface area (Å²) >= 11 is 0. The van der Waals surface area contributed by atoms with E-state index in [9.17, 15) is 4.79 Å². The molecule has 1 rings (SSSR count). The van der Waals surface area contributed by atoms with Gasteiger partial charge >= 0.3 is 5.97 Å². The lowest BCUT2D eigenvalue weighted by Crippen LogP contribution is -2.22. The molecular weight excluding hydrogens is 218 g/mol. The summed E-state index contributed by atoms with van der Waals surface area (Å²) < 4.78 is 6.86. The number of nitrogens with zero attached hydrogens (tertiary/aromatic N) is 3. The summed E-state index contributed by atoms with van der Waals surface area (Å²) in [7, 11) is 0. The summed E-state index contributed by atoms with van der Waals surface area (Å²) in [6, 6.07) is 0.256. The van der Waals surface area contributed by atoms with E-state index in [1.54, 1.807) is 17.0 Å². The van der Waals surface area contributed by atoms with Crippen LogP contribution in [-0.4, -0.2) is 26.6 Å². The van der Waals surface area contributed by atoms with Gasteiger partial charge in [0.05, 0.1) is 6.20 Å². The number of hydrogen-bond donors (Lipinski definition) is 0. The first kappa shape index (κ1) is 13.4. The van der Waals surface area contributed by atoms with Gasteiger partial charge in [-0.15, -0.1) is 5.10 Å². The number of esters is 1. The van der Waals surface area contributed by atoms with Crippen LogP contribution in [0.1, 0.15) is 46.4 Å². The van der Waals surface area contributed by atoms with Gasteiger partial charge in [0.15, 0.2) is 0 Å². The van der Waals surface area contributed by atoms with Gasteiger partial charge in [0.25, 0.3) is 0 Å². The van der Waals surface area contributed by atoms with E-state index in [-0.39, 0.29) is 12.0 Å². The van der Waals surface area contributed by atoms with Crippen molar-refractivity contribution in [2.45, 2.75) is 46.3 Å². The first-order valence-electron chi connectivity index (χ1n) is 5.61. The normalized spacial score (nSPS) is 12.4. The molecule has 0 unspecified atom stereocenters. The average molecular weight is 237 g/mol. The molecule has 17 heavy (non-hydrogen) atoms. The molecule has 0 aliphatic rings. The van der Waals surface area contributed by atoms with E-state index in [1.165, 1.54) is 6.08 Å². The summed E-state index contributed by atoms with van der Waals surface area (Å²) in [5, 5.41) is 7.86. The van der Waals surface area contributed by atoms with Crippen molar-refractivity contribution in [2.75, 3.05) is 0 Å². The van der Waals surface area contributed by atoms with Crippen LogP contribution >= 0.6 is 0 Å². The molecule has 94 valence electrons. The van der Waals surface area contributed by atoms with Gasteiger partial charge in [0.2, 0.25) is 0 Å². The molecule has 1 aromatic rings. The molecule has 0 N–H and O–H groups in total. The molecule has 0 amide bonds. The van der Waals surface area contributed by atoms with Crippen molar-refractivity contribution in [1.82, 2.24) is 15.0 Å². The quantitative estimate of drug-likeness (QED) is 0.597. The number of ether oxygens (including phenoxy) is 1. The minimum atomic E-state index is -0.475. The van der Waals surface area contributed by atoms with Gasteiger partial charge in [-0.25, -0.2) is 9.48 Å². The van der Waals surface area contributed by atoms with Crippen molar-refractivity contribution in [3.8, 4) is 0 Å². The molecule has 0 aliphatic heterocycles. The van der Waals surface area contributed by atoms with E-state index in [1.807, 2.05) is 34.6 Å². The molecule has 0 atom stereocenters. The predicted molar refractivity (Wildman–Crippen MR) is 65.3 cm³/mol. The highest BCUT2D eigenvalue weighted by molar-refractivity contribution is 5.86. The van der Waals surface area contributed by atoms with E-state index in [0.29, 0.717) is 5.69 Å². The average Bonchev–Trinajstić information content (AvgIpc) is 2.60. The first-order valence-corrected chi connectivity index (χ1v) is 5.61. The topological polar surface area (TPSA) is 57.0 Å². The number of aromatic nitrogens is 3. The van der Waals surface area contributed by atoms with Crippen molar-refractivity contribution in [1.29, 1.82) is 0 Å². The van der Waals surface area contributed by atoms with E-state index in [2.05, 4.69) is 10.3 Å². The smallest absolute Gasteiger partial charge is 0.331 e. The Kier molecular flexibility index (Phi) is 4.04. The third-order valence-electron chi connectivity index (χ3n) is 1.85. The number of hydrogen-bond acceptors (Lipinski definition) is 4. The summed E-state index contributed by atoms with van der Waals surface area (Å²) in [6.45, 7) is 9.50. The molecule has 0 fully saturated rings.